The van der Waals surface area contributed by atoms with Crippen molar-refractivity contribution in [1.82, 2.24) is 0 Å². The summed E-state index contributed by atoms with van der Waals surface area (Å²) in [5.41, 5.74) is 1.92. The van der Waals surface area contributed by atoms with Crippen LogP contribution >= 0.6 is 11.6 Å². The minimum atomic E-state index is -0.604. The predicted octanol–water partition coefficient (Wildman–Crippen LogP) is 2.31. The number of benzene rings is 1. The van der Waals surface area contributed by atoms with Gasteiger partial charge in [0.2, 0.25) is 0 Å². The number of hydrogen-bond acceptors (Lipinski definition) is 1. The number of aliphatic hydroxyl groups is 1. The van der Waals surface area contributed by atoms with Gasteiger partial charge >= 0.3 is 0 Å². The molecule has 0 bridgehead atoms. The van der Waals surface area contributed by atoms with Crippen LogP contribution in [0, 0.1) is 0 Å². The summed E-state index contributed by atoms with van der Waals surface area (Å²) >= 11 is 5.74. The third-order valence-electron chi connectivity index (χ3n) is 1.85. The van der Waals surface area contributed by atoms with E-state index >= 15 is 0 Å². The number of hydrogen-bond donors (Lipinski definition) is 1. The molecule has 1 aromatic rings. The van der Waals surface area contributed by atoms with Crippen LogP contribution in [-0.4, -0.2) is 5.11 Å². The maximum Gasteiger partial charge on any atom is 0.115 e. The molecular weight excluding hydrogens is 160 g/mol. The second-order valence-electron chi connectivity index (χ2n) is 2.56. The fraction of sp³-hybridized carbons (Fsp3) is 0.111. The van der Waals surface area contributed by atoms with Gasteiger partial charge in [-0.1, -0.05) is 35.9 Å². The highest BCUT2D eigenvalue weighted by molar-refractivity contribution is 6.32. The Labute approximate surface area is 69.9 Å². The van der Waals surface area contributed by atoms with Crippen molar-refractivity contribution in [2.45, 2.75) is 6.10 Å². The van der Waals surface area contributed by atoms with Gasteiger partial charge in [0.25, 0.3) is 0 Å². The Morgan fingerprint density at radius 3 is 2.73 bits per heavy atom. The van der Waals surface area contributed by atoms with Crippen LogP contribution in [0.3, 0.4) is 0 Å². The molecule has 1 N–H and O–H groups in total. The molecule has 0 radical (unpaired) electrons. The summed E-state index contributed by atoms with van der Waals surface area (Å²) < 4.78 is 0. The topological polar surface area (TPSA) is 20.2 Å². The van der Waals surface area contributed by atoms with E-state index in [0.717, 1.165) is 11.1 Å². The molecule has 0 spiro atoms. The molecule has 2 rings (SSSR count). The van der Waals surface area contributed by atoms with E-state index in [0.29, 0.717) is 5.03 Å². The SMILES string of the molecule is OC1C(Cl)=Cc2ccccc21. The van der Waals surface area contributed by atoms with Crippen molar-refractivity contribution < 1.29 is 5.11 Å². The van der Waals surface area contributed by atoms with E-state index in [1.165, 1.54) is 0 Å². The number of rotatable bonds is 0. The minimum Gasteiger partial charge on any atom is -0.383 e. The Bertz CT molecular complexity index is 317. The highest BCUT2D eigenvalue weighted by Crippen LogP contribution is 2.35. The molecule has 1 aliphatic rings. The second kappa shape index (κ2) is 2.36. The summed E-state index contributed by atoms with van der Waals surface area (Å²) in [6, 6.07) is 7.64. The molecule has 56 valence electrons. The van der Waals surface area contributed by atoms with Crippen molar-refractivity contribution in [1.29, 1.82) is 0 Å². The zero-order valence-corrected chi connectivity index (χ0v) is 6.55. The first kappa shape index (κ1) is 6.89. The molecule has 0 saturated carbocycles. The van der Waals surface area contributed by atoms with Gasteiger partial charge in [0.1, 0.15) is 6.10 Å². The van der Waals surface area contributed by atoms with Crippen LogP contribution in [0.25, 0.3) is 6.08 Å². The molecule has 0 aliphatic heterocycles. The molecule has 0 aromatic heterocycles. The molecule has 11 heavy (non-hydrogen) atoms. The van der Waals surface area contributed by atoms with Gasteiger partial charge in [-0.3, -0.25) is 0 Å². The van der Waals surface area contributed by atoms with Gasteiger partial charge in [0.05, 0.1) is 5.03 Å². The quantitative estimate of drug-likeness (QED) is 0.627. The number of aliphatic hydroxyl groups excluding tert-OH is 1. The molecule has 2 heteroatoms. The molecule has 1 nitrogen and oxygen atoms in total. The minimum absolute atomic E-state index is 0.506. The summed E-state index contributed by atoms with van der Waals surface area (Å²) in [5, 5.41) is 9.96. The highest BCUT2D eigenvalue weighted by Gasteiger charge is 2.20. The Balaban J connectivity index is 2.58. The van der Waals surface area contributed by atoms with Crippen LogP contribution < -0.4 is 0 Å². The Morgan fingerprint density at radius 1 is 1.27 bits per heavy atom. The lowest BCUT2D eigenvalue weighted by Gasteiger charge is -2.03. The van der Waals surface area contributed by atoms with E-state index < -0.39 is 6.10 Å². The third kappa shape index (κ3) is 0.971. The van der Waals surface area contributed by atoms with Crippen molar-refractivity contribution in [3.05, 3.63) is 40.4 Å². The standard InChI is InChI=1S/C9H7ClO/c10-8-5-6-3-1-2-4-7(6)9(8)11/h1-5,9,11H. The van der Waals surface area contributed by atoms with Gasteiger partial charge in [-0.2, -0.15) is 0 Å². The van der Waals surface area contributed by atoms with Crippen LogP contribution in [-0.2, 0) is 0 Å². The van der Waals surface area contributed by atoms with E-state index in [1.807, 2.05) is 24.3 Å². The van der Waals surface area contributed by atoms with Gasteiger partial charge in [0, 0.05) is 0 Å². The van der Waals surface area contributed by atoms with Gasteiger partial charge in [0.15, 0.2) is 0 Å². The first-order valence-corrected chi connectivity index (χ1v) is 3.81. The predicted molar refractivity (Wildman–Crippen MR) is 45.2 cm³/mol. The smallest absolute Gasteiger partial charge is 0.115 e. The van der Waals surface area contributed by atoms with Crippen LogP contribution in [0.1, 0.15) is 17.2 Å². The average molecular weight is 167 g/mol. The van der Waals surface area contributed by atoms with E-state index in [-0.39, 0.29) is 0 Å². The summed E-state index contributed by atoms with van der Waals surface area (Å²) in [6.07, 6.45) is 1.19. The lowest BCUT2D eigenvalue weighted by Crippen LogP contribution is -1.91. The summed E-state index contributed by atoms with van der Waals surface area (Å²) in [5.74, 6) is 0. The zero-order chi connectivity index (χ0) is 7.84. The van der Waals surface area contributed by atoms with Gasteiger partial charge < -0.3 is 5.11 Å². The highest BCUT2D eigenvalue weighted by atomic mass is 35.5. The Morgan fingerprint density at radius 2 is 2.00 bits per heavy atom. The van der Waals surface area contributed by atoms with Gasteiger partial charge in [-0.25, -0.2) is 0 Å². The van der Waals surface area contributed by atoms with Crippen molar-refractivity contribution in [3.8, 4) is 0 Å². The van der Waals surface area contributed by atoms with Crippen LogP contribution in [0.15, 0.2) is 29.3 Å². The average Bonchev–Trinajstić information content (AvgIpc) is 2.30. The molecule has 1 unspecified atom stereocenters. The molecular formula is C9H7ClO. The van der Waals surface area contributed by atoms with E-state index in [4.69, 9.17) is 11.6 Å². The monoisotopic (exact) mass is 166 g/mol. The first-order chi connectivity index (χ1) is 5.29. The van der Waals surface area contributed by atoms with E-state index in [2.05, 4.69) is 0 Å². The molecule has 1 aromatic carbocycles. The van der Waals surface area contributed by atoms with Crippen LogP contribution in [0.5, 0.6) is 0 Å². The van der Waals surface area contributed by atoms with Crippen molar-refractivity contribution in [2.75, 3.05) is 0 Å². The third-order valence-corrected chi connectivity index (χ3v) is 2.16. The van der Waals surface area contributed by atoms with Crippen molar-refractivity contribution in [3.63, 3.8) is 0 Å². The van der Waals surface area contributed by atoms with Crippen LogP contribution in [0.2, 0.25) is 0 Å². The van der Waals surface area contributed by atoms with E-state index in [1.54, 1.807) is 6.08 Å². The summed E-state index contributed by atoms with van der Waals surface area (Å²) in [7, 11) is 0. The maximum atomic E-state index is 9.45. The molecule has 0 fully saturated rings. The maximum absolute atomic E-state index is 9.45. The van der Waals surface area contributed by atoms with Crippen LogP contribution in [0.4, 0.5) is 0 Å². The second-order valence-corrected chi connectivity index (χ2v) is 3.00. The van der Waals surface area contributed by atoms with Gasteiger partial charge in [-0.05, 0) is 17.2 Å². The summed E-state index contributed by atoms with van der Waals surface area (Å²) in [4.78, 5) is 0. The fourth-order valence-corrected chi connectivity index (χ4v) is 1.50. The largest absolute Gasteiger partial charge is 0.383 e. The molecule has 0 amide bonds. The number of halogens is 1. The molecule has 0 heterocycles. The Hall–Kier alpha value is -0.790. The Kier molecular flexibility index (Phi) is 1.48. The fourth-order valence-electron chi connectivity index (χ4n) is 1.27. The zero-order valence-electron chi connectivity index (χ0n) is 5.79. The lowest BCUT2D eigenvalue weighted by atomic mass is 10.1. The first-order valence-electron chi connectivity index (χ1n) is 3.43. The lowest BCUT2D eigenvalue weighted by molar-refractivity contribution is 0.227. The molecule has 0 saturated heterocycles. The molecule has 1 aliphatic carbocycles. The molecule has 1 atom stereocenters. The van der Waals surface area contributed by atoms with Crippen molar-refractivity contribution in [2.24, 2.45) is 0 Å². The van der Waals surface area contributed by atoms with E-state index in [9.17, 15) is 5.11 Å². The number of fused-ring (bicyclic) bond motifs is 1. The normalized spacial score (nSPS) is 21.3. The van der Waals surface area contributed by atoms with Crippen molar-refractivity contribution >= 4 is 17.7 Å². The van der Waals surface area contributed by atoms with Gasteiger partial charge in [-0.15, -0.1) is 0 Å². The summed E-state index contributed by atoms with van der Waals surface area (Å²) in [6.45, 7) is 0.